The molecular weight excluding hydrogens is 567 g/mol. The van der Waals surface area contributed by atoms with Gasteiger partial charge in [0, 0.05) is 5.75 Å². The third-order valence-electron chi connectivity index (χ3n) is 6.75. The number of aliphatic hydroxyl groups is 1. The van der Waals surface area contributed by atoms with E-state index in [0.29, 0.717) is 33.1 Å². The molecule has 1 N–H and O–H groups in total. The van der Waals surface area contributed by atoms with Gasteiger partial charge < -0.3 is 9.84 Å². The minimum Gasteiger partial charge on any atom is -0.503 e. The molecule has 1 aliphatic rings. The topological polar surface area (TPSA) is 92.6 Å². The van der Waals surface area contributed by atoms with Gasteiger partial charge in [0.2, 0.25) is 5.13 Å². The second-order valence-electron chi connectivity index (χ2n) is 9.84. The third kappa shape index (κ3) is 6.80. The van der Waals surface area contributed by atoms with Crippen molar-refractivity contribution in [2.75, 3.05) is 11.5 Å². The van der Waals surface area contributed by atoms with Crippen molar-refractivity contribution in [3.63, 3.8) is 0 Å². The van der Waals surface area contributed by atoms with Crippen LogP contribution in [0.15, 0.2) is 101 Å². The Bertz CT molecular complexity index is 1600. The van der Waals surface area contributed by atoms with Crippen molar-refractivity contribution in [1.29, 1.82) is 0 Å². The Labute approximate surface area is 253 Å². The number of carbonyl (C=O) groups is 2. The van der Waals surface area contributed by atoms with E-state index in [1.807, 2.05) is 61.5 Å². The molecule has 0 saturated heterocycles. The SMILES string of the molecule is CCCCOc1ccc(C2C(C(=O)C=Cc3ccccc3)=C(O)C(=O)N2c2nnc(SCc3ccc(C)cc3)s2)cc1. The van der Waals surface area contributed by atoms with Crippen LogP contribution in [0.25, 0.3) is 6.08 Å². The van der Waals surface area contributed by atoms with Gasteiger partial charge in [0.1, 0.15) is 5.75 Å². The first kappa shape index (κ1) is 29.3. The minimum atomic E-state index is -0.877. The van der Waals surface area contributed by atoms with Crippen LogP contribution in [0.1, 0.15) is 48.1 Å². The summed E-state index contributed by atoms with van der Waals surface area (Å²) in [4.78, 5) is 28.4. The first-order valence-corrected chi connectivity index (χ1v) is 15.5. The number of nitrogens with zero attached hydrogens (tertiary/aromatic N) is 3. The number of allylic oxidation sites excluding steroid dienone is 1. The van der Waals surface area contributed by atoms with Gasteiger partial charge in [0.15, 0.2) is 15.9 Å². The summed E-state index contributed by atoms with van der Waals surface area (Å²) in [5.41, 5.74) is 3.82. The van der Waals surface area contributed by atoms with Crippen molar-refractivity contribution in [1.82, 2.24) is 10.2 Å². The normalized spacial score (nSPS) is 15.1. The van der Waals surface area contributed by atoms with E-state index in [4.69, 9.17) is 4.74 Å². The van der Waals surface area contributed by atoms with Gasteiger partial charge in [0.05, 0.1) is 18.2 Å². The monoisotopic (exact) mass is 597 g/mol. The van der Waals surface area contributed by atoms with Crippen molar-refractivity contribution < 1.29 is 19.4 Å². The number of hydrogen-bond acceptors (Lipinski definition) is 8. The number of aromatic nitrogens is 2. The molecule has 0 bridgehead atoms. The van der Waals surface area contributed by atoms with Gasteiger partial charge in [-0.3, -0.25) is 14.5 Å². The first-order valence-electron chi connectivity index (χ1n) is 13.7. The molecule has 214 valence electrons. The van der Waals surface area contributed by atoms with Gasteiger partial charge in [-0.2, -0.15) is 0 Å². The Kier molecular flexibility index (Phi) is 9.51. The number of unbranched alkanes of at least 4 members (excludes halogenated alkanes) is 1. The Morgan fingerprint density at radius 1 is 1.05 bits per heavy atom. The van der Waals surface area contributed by atoms with Crippen LogP contribution in [0, 0.1) is 6.92 Å². The van der Waals surface area contributed by atoms with Crippen LogP contribution in [0.5, 0.6) is 5.75 Å². The third-order valence-corrected chi connectivity index (χ3v) is 8.87. The lowest BCUT2D eigenvalue weighted by Crippen LogP contribution is -2.30. The molecule has 0 saturated carbocycles. The molecule has 4 aromatic rings. The smallest absolute Gasteiger partial charge is 0.296 e. The Balaban J connectivity index is 1.44. The number of aliphatic hydroxyl groups excluding tert-OH is 1. The van der Waals surface area contributed by atoms with Crippen molar-refractivity contribution in [2.45, 2.75) is 42.8 Å². The number of hydrogen-bond donors (Lipinski definition) is 1. The van der Waals surface area contributed by atoms with E-state index in [-0.39, 0.29) is 5.57 Å². The lowest BCUT2D eigenvalue weighted by atomic mass is 9.95. The van der Waals surface area contributed by atoms with E-state index in [1.54, 1.807) is 6.08 Å². The molecule has 3 aromatic carbocycles. The number of ketones is 1. The van der Waals surface area contributed by atoms with Crippen LogP contribution >= 0.6 is 23.1 Å². The van der Waals surface area contributed by atoms with E-state index in [1.165, 1.54) is 39.6 Å². The minimum absolute atomic E-state index is 0.00380. The quantitative estimate of drug-likeness (QED) is 0.0782. The van der Waals surface area contributed by atoms with Crippen molar-refractivity contribution in [2.24, 2.45) is 0 Å². The van der Waals surface area contributed by atoms with Gasteiger partial charge in [-0.15, -0.1) is 10.2 Å². The summed E-state index contributed by atoms with van der Waals surface area (Å²) >= 11 is 2.77. The molecule has 0 radical (unpaired) electrons. The summed E-state index contributed by atoms with van der Waals surface area (Å²) in [6.45, 7) is 4.75. The highest BCUT2D eigenvalue weighted by Crippen LogP contribution is 2.43. The van der Waals surface area contributed by atoms with Gasteiger partial charge in [-0.1, -0.05) is 115 Å². The van der Waals surface area contributed by atoms with E-state index < -0.39 is 23.5 Å². The molecule has 0 fully saturated rings. The zero-order chi connectivity index (χ0) is 29.5. The number of ether oxygens (including phenoxy) is 1. The van der Waals surface area contributed by atoms with E-state index in [9.17, 15) is 14.7 Å². The van der Waals surface area contributed by atoms with E-state index in [2.05, 4.69) is 41.4 Å². The predicted octanol–water partition coefficient (Wildman–Crippen LogP) is 7.50. The Morgan fingerprint density at radius 2 is 1.79 bits per heavy atom. The Morgan fingerprint density at radius 3 is 2.50 bits per heavy atom. The van der Waals surface area contributed by atoms with Crippen LogP contribution in [-0.2, 0) is 15.3 Å². The zero-order valence-corrected chi connectivity index (χ0v) is 25.0. The van der Waals surface area contributed by atoms with Crippen LogP contribution in [0.2, 0.25) is 0 Å². The Hall–Kier alpha value is -4.21. The average molecular weight is 598 g/mol. The summed E-state index contributed by atoms with van der Waals surface area (Å²) in [6.07, 6.45) is 5.02. The summed E-state index contributed by atoms with van der Waals surface area (Å²) in [5.74, 6) is -0.345. The lowest BCUT2D eigenvalue weighted by Gasteiger charge is -2.24. The fourth-order valence-corrected chi connectivity index (χ4v) is 6.29. The van der Waals surface area contributed by atoms with E-state index >= 15 is 0 Å². The van der Waals surface area contributed by atoms with Crippen molar-refractivity contribution in [3.8, 4) is 5.75 Å². The average Bonchev–Trinajstić information content (AvgIpc) is 3.58. The first-order chi connectivity index (χ1) is 20.4. The number of amides is 1. The number of benzene rings is 3. The second-order valence-corrected chi connectivity index (χ2v) is 12.0. The van der Waals surface area contributed by atoms with Crippen molar-refractivity contribution >= 4 is 46.0 Å². The molecule has 5 rings (SSSR count). The van der Waals surface area contributed by atoms with Crippen LogP contribution < -0.4 is 9.64 Å². The number of rotatable bonds is 12. The number of anilines is 1. The molecule has 2 heterocycles. The van der Waals surface area contributed by atoms with Gasteiger partial charge >= 0.3 is 0 Å². The molecule has 7 nitrogen and oxygen atoms in total. The number of carbonyl (C=O) groups excluding carboxylic acids is 2. The molecular formula is C33H31N3O4S2. The molecule has 1 unspecified atom stereocenters. The summed E-state index contributed by atoms with van der Waals surface area (Å²) in [6, 6.07) is 24.0. The highest BCUT2D eigenvalue weighted by atomic mass is 32.2. The molecule has 9 heteroatoms. The van der Waals surface area contributed by atoms with Crippen LogP contribution in [0.3, 0.4) is 0 Å². The second kappa shape index (κ2) is 13.6. The maximum Gasteiger partial charge on any atom is 0.296 e. The standard InChI is InChI=1S/C33H31N3O4S2/c1-3-4-20-40-26-17-15-25(16-18-26)29-28(27(37)19-14-23-8-6-5-7-9-23)30(38)31(39)36(29)32-34-35-33(42-32)41-21-24-12-10-22(2)11-13-24/h5-19,29,38H,3-4,20-21H2,1-2H3. The largest absolute Gasteiger partial charge is 0.503 e. The summed E-state index contributed by atoms with van der Waals surface area (Å²) in [7, 11) is 0. The van der Waals surface area contributed by atoms with Crippen molar-refractivity contribution in [3.05, 3.63) is 119 Å². The van der Waals surface area contributed by atoms with Gasteiger partial charge in [-0.05, 0) is 48.2 Å². The molecule has 1 aromatic heterocycles. The molecule has 1 aliphatic heterocycles. The van der Waals surface area contributed by atoms with Gasteiger partial charge in [-0.25, -0.2) is 0 Å². The fourth-order valence-electron chi connectivity index (χ4n) is 4.46. The molecule has 42 heavy (non-hydrogen) atoms. The fraction of sp³-hybridized carbons (Fsp3) is 0.212. The predicted molar refractivity (Wildman–Crippen MR) is 168 cm³/mol. The van der Waals surface area contributed by atoms with E-state index in [0.717, 1.165) is 24.0 Å². The molecule has 0 spiro atoms. The summed E-state index contributed by atoms with van der Waals surface area (Å²) < 4.78 is 6.49. The maximum atomic E-state index is 13.5. The van der Waals surface area contributed by atoms with Crippen LogP contribution in [-0.4, -0.2) is 33.6 Å². The molecule has 0 aliphatic carbocycles. The highest BCUT2D eigenvalue weighted by Gasteiger charge is 2.45. The van der Waals surface area contributed by atoms with Crippen LogP contribution in [0.4, 0.5) is 5.13 Å². The highest BCUT2D eigenvalue weighted by molar-refractivity contribution is 8.00. The summed E-state index contributed by atoms with van der Waals surface area (Å²) in [5, 5.41) is 19.9. The lowest BCUT2D eigenvalue weighted by molar-refractivity contribution is -0.117. The van der Waals surface area contributed by atoms with Gasteiger partial charge in [0.25, 0.3) is 5.91 Å². The zero-order valence-electron chi connectivity index (χ0n) is 23.4. The molecule has 1 amide bonds. The molecule has 1 atom stereocenters. The maximum absolute atomic E-state index is 13.5. The number of aryl methyl sites for hydroxylation is 1. The number of thioether (sulfide) groups is 1.